The molecule has 0 amide bonds. The predicted molar refractivity (Wildman–Crippen MR) is 74.9 cm³/mol. The zero-order valence-corrected chi connectivity index (χ0v) is 11.6. The van der Waals surface area contributed by atoms with Gasteiger partial charge < -0.3 is 14.6 Å². The molecule has 0 fully saturated rings. The number of ether oxygens (including phenoxy) is 2. The molecule has 0 bridgehead atoms. The maximum atomic E-state index is 9.62. The van der Waals surface area contributed by atoms with E-state index in [1.165, 1.54) is 0 Å². The fraction of sp³-hybridized carbons (Fsp3) is 0.357. The molecule has 0 spiro atoms. The van der Waals surface area contributed by atoms with Crippen molar-refractivity contribution in [1.29, 1.82) is 0 Å². The lowest BCUT2D eigenvalue weighted by molar-refractivity contribution is 0.174. The summed E-state index contributed by atoms with van der Waals surface area (Å²) in [7, 11) is 0. The van der Waals surface area contributed by atoms with Crippen LogP contribution in [0, 0.1) is 0 Å². The summed E-state index contributed by atoms with van der Waals surface area (Å²) in [5.74, 6) is 1.53. The topological polar surface area (TPSA) is 51.6 Å². The van der Waals surface area contributed by atoms with Crippen molar-refractivity contribution in [3.8, 4) is 11.5 Å². The van der Waals surface area contributed by atoms with E-state index in [0.29, 0.717) is 0 Å². The maximum absolute atomic E-state index is 9.62. The number of benzene rings is 1. The lowest BCUT2D eigenvalue weighted by Gasteiger charge is -2.14. The van der Waals surface area contributed by atoms with Gasteiger partial charge in [-0.15, -0.1) is 11.8 Å². The van der Waals surface area contributed by atoms with E-state index in [-0.39, 0.29) is 18.1 Å². The highest BCUT2D eigenvalue weighted by atomic mass is 32.2. The van der Waals surface area contributed by atoms with Gasteiger partial charge in [-0.1, -0.05) is 6.92 Å². The van der Waals surface area contributed by atoms with Crippen LogP contribution in [0.15, 0.2) is 29.4 Å². The molecule has 0 radical (unpaired) electrons. The van der Waals surface area contributed by atoms with E-state index in [4.69, 9.17) is 9.47 Å². The third-order valence-electron chi connectivity index (χ3n) is 3.20. The van der Waals surface area contributed by atoms with Crippen molar-refractivity contribution in [2.75, 3.05) is 6.79 Å². The molecule has 1 aromatic carbocycles. The number of hydrogen-bond donors (Lipinski definition) is 1. The average Bonchev–Trinajstić information content (AvgIpc) is 2.83. The molecule has 4 nitrogen and oxygen atoms in total. The third-order valence-corrected chi connectivity index (χ3v) is 4.51. The van der Waals surface area contributed by atoms with Gasteiger partial charge in [0.2, 0.25) is 6.79 Å². The van der Waals surface area contributed by atoms with E-state index in [1.54, 1.807) is 24.9 Å². The minimum Gasteiger partial charge on any atom is -0.454 e. The van der Waals surface area contributed by atoms with Gasteiger partial charge >= 0.3 is 0 Å². The van der Waals surface area contributed by atoms with Crippen LogP contribution in [-0.2, 0) is 0 Å². The van der Waals surface area contributed by atoms with Crippen LogP contribution >= 0.6 is 11.8 Å². The Morgan fingerprint density at radius 3 is 2.74 bits per heavy atom. The second-order valence-electron chi connectivity index (χ2n) is 4.61. The monoisotopic (exact) mass is 277 g/mol. The van der Waals surface area contributed by atoms with Crippen molar-refractivity contribution in [3.05, 3.63) is 24.4 Å². The number of thioether (sulfide) groups is 1. The smallest absolute Gasteiger partial charge is 0.231 e. The molecule has 1 aliphatic heterocycles. The molecule has 2 atom stereocenters. The van der Waals surface area contributed by atoms with E-state index >= 15 is 0 Å². The van der Waals surface area contributed by atoms with Crippen LogP contribution in [0.2, 0.25) is 0 Å². The average molecular weight is 277 g/mol. The second-order valence-corrected chi connectivity index (χ2v) is 5.97. The molecule has 1 aromatic heterocycles. The van der Waals surface area contributed by atoms with E-state index < -0.39 is 0 Å². The van der Waals surface area contributed by atoms with Crippen molar-refractivity contribution in [2.45, 2.75) is 30.2 Å². The van der Waals surface area contributed by atoms with Crippen molar-refractivity contribution < 1.29 is 14.6 Å². The zero-order valence-electron chi connectivity index (χ0n) is 10.8. The van der Waals surface area contributed by atoms with Crippen molar-refractivity contribution >= 4 is 22.5 Å². The standard InChI is InChI=1S/C14H15NO3S/c1-8(16)9(2)19-14-11-6-13-12(17-7-18-13)5-10(11)3-4-15-14/h3-6,8-9,16H,7H2,1-2H3. The third kappa shape index (κ3) is 2.35. The first-order valence-electron chi connectivity index (χ1n) is 6.18. The number of aromatic nitrogens is 1. The Morgan fingerprint density at radius 2 is 2.00 bits per heavy atom. The van der Waals surface area contributed by atoms with Gasteiger partial charge in [-0.2, -0.15) is 0 Å². The quantitative estimate of drug-likeness (QED) is 0.874. The Balaban J connectivity index is 2.05. The second kappa shape index (κ2) is 4.90. The van der Waals surface area contributed by atoms with Crippen LogP contribution in [-0.4, -0.2) is 28.2 Å². The number of rotatable bonds is 3. The molecular weight excluding hydrogens is 262 g/mol. The Morgan fingerprint density at radius 1 is 1.26 bits per heavy atom. The Labute approximate surface area is 115 Å². The zero-order chi connectivity index (χ0) is 13.4. The first kappa shape index (κ1) is 12.6. The van der Waals surface area contributed by atoms with Crippen LogP contribution in [0.1, 0.15) is 13.8 Å². The molecule has 0 saturated carbocycles. The molecule has 2 heterocycles. The Kier molecular flexibility index (Phi) is 3.24. The summed E-state index contributed by atoms with van der Waals surface area (Å²) < 4.78 is 10.8. The molecule has 0 aliphatic carbocycles. The van der Waals surface area contributed by atoms with Crippen molar-refractivity contribution in [1.82, 2.24) is 4.98 Å². The number of nitrogens with zero attached hydrogens (tertiary/aromatic N) is 1. The summed E-state index contributed by atoms with van der Waals surface area (Å²) in [6.07, 6.45) is 1.40. The van der Waals surface area contributed by atoms with Gasteiger partial charge in [-0.05, 0) is 30.5 Å². The molecule has 1 N–H and O–H groups in total. The molecule has 100 valence electrons. The summed E-state index contributed by atoms with van der Waals surface area (Å²) in [6.45, 7) is 4.05. The van der Waals surface area contributed by atoms with Gasteiger partial charge in [0.05, 0.1) is 6.10 Å². The molecule has 5 heteroatoms. The number of hydrogen-bond acceptors (Lipinski definition) is 5. The highest BCUT2D eigenvalue weighted by Gasteiger charge is 2.18. The molecule has 3 rings (SSSR count). The SMILES string of the molecule is CC(O)C(C)Sc1nccc2cc3c(cc12)OCO3. The first-order valence-corrected chi connectivity index (χ1v) is 7.06. The largest absolute Gasteiger partial charge is 0.454 e. The lowest BCUT2D eigenvalue weighted by atomic mass is 10.1. The minimum absolute atomic E-state index is 0.0866. The fourth-order valence-corrected chi connectivity index (χ4v) is 2.88. The number of fused-ring (bicyclic) bond motifs is 2. The number of pyridine rings is 1. The predicted octanol–water partition coefficient (Wildman–Crippen LogP) is 2.82. The highest BCUT2D eigenvalue weighted by molar-refractivity contribution is 8.00. The van der Waals surface area contributed by atoms with Crippen LogP contribution in [0.25, 0.3) is 10.8 Å². The summed E-state index contributed by atoms with van der Waals surface area (Å²) in [5.41, 5.74) is 0. The van der Waals surface area contributed by atoms with Crippen molar-refractivity contribution in [2.24, 2.45) is 0 Å². The minimum atomic E-state index is -0.379. The van der Waals surface area contributed by atoms with Gasteiger partial charge in [-0.3, -0.25) is 0 Å². The Bertz CT molecular complexity index is 615. The Hall–Kier alpha value is -1.46. The lowest BCUT2D eigenvalue weighted by Crippen LogP contribution is -2.15. The summed E-state index contributed by atoms with van der Waals surface area (Å²) >= 11 is 1.57. The van der Waals surface area contributed by atoms with Crippen LogP contribution in [0.5, 0.6) is 11.5 Å². The molecule has 0 saturated heterocycles. The summed E-state index contributed by atoms with van der Waals surface area (Å²) in [5, 5.41) is 12.7. The van der Waals surface area contributed by atoms with Gasteiger partial charge in [0.25, 0.3) is 0 Å². The van der Waals surface area contributed by atoms with Crippen LogP contribution in [0.3, 0.4) is 0 Å². The highest BCUT2D eigenvalue weighted by Crippen LogP contribution is 2.39. The molecule has 19 heavy (non-hydrogen) atoms. The van der Waals surface area contributed by atoms with Gasteiger partial charge in [0.15, 0.2) is 11.5 Å². The molecule has 2 unspecified atom stereocenters. The van der Waals surface area contributed by atoms with Gasteiger partial charge in [0.1, 0.15) is 5.03 Å². The summed E-state index contributed by atoms with van der Waals surface area (Å²) in [4.78, 5) is 4.41. The van der Waals surface area contributed by atoms with Crippen LogP contribution < -0.4 is 9.47 Å². The fourth-order valence-electron chi connectivity index (χ4n) is 1.90. The maximum Gasteiger partial charge on any atom is 0.231 e. The van der Waals surface area contributed by atoms with Gasteiger partial charge in [-0.25, -0.2) is 4.98 Å². The van der Waals surface area contributed by atoms with E-state index in [0.717, 1.165) is 27.3 Å². The molecule has 2 aromatic rings. The first-order chi connectivity index (χ1) is 9.15. The van der Waals surface area contributed by atoms with Crippen molar-refractivity contribution in [3.63, 3.8) is 0 Å². The van der Waals surface area contributed by atoms with Crippen LogP contribution in [0.4, 0.5) is 0 Å². The molecule has 1 aliphatic rings. The van der Waals surface area contributed by atoms with E-state index in [1.807, 2.05) is 25.1 Å². The van der Waals surface area contributed by atoms with Gasteiger partial charge in [0, 0.05) is 16.8 Å². The summed E-state index contributed by atoms with van der Waals surface area (Å²) in [6, 6.07) is 5.88. The normalized spacial score (nSPS) is 16.6. The molecular formula is C14H15NO3S. The van der Waals surface area contributed by atoms with E-state index in [2.05, 4.69) is 4.98 Å². The number of aliphatic hydroxyl groups excluding tert-OH is 1. The number of aliphatic hydroxyl groups is 1. The van der Waals surface area contributed by atoms with E-state index in [9.17, 15) is 5.11 Å².